The third kappa shape index (κ3) is 3.68. The van der Waals surface area contributed by atoms with Crippen LogP contribution in [-0.4, -0.2) is 27.0 Å². The van der Waals surface area contributed by atoms with Crippen LogP contribution in [0.4, 0.5) is 24.5 Å². The number of primary amides is 1. The number of pyridine rings is 1. The van der Waals surface area contributed by atoms with Crippen molar-refractivity contribution < 1.29 is 18.0 Å². The molecule has 1 aliphatic rings. The fourth-order valence-electron chi connectivity index (χ4n) is 3.14. The molecule has 7 nitrogen and oxygen atoms in total. The average Bonchev–Trinajstić information content (AvgIpc) is 3.10. The second-order valence-electron chi connectivity index (χ2n) is 6.42. The summed E-state index contributed by atoms with van der Waals surface area (Å²) in [5, 5.41) is 6.14. The van der Waals surface area contributed by atoms with Crippen LogP contribution in [-0.2, 0) is 11.0 Å². The molecule has 4 rings (SSSR count). The van der Waals surface area contributed by atoms with E-state index in [0.29, 0.717) is 11.4 Å². The van der Waals surface area contributed by atoms with E-state index in [1.165, 1.54) is 0 Å². The summed E-state index contributed by atoms with van der Waals surface area (Å²) in [4.78, 5) is 23.7. The fraction of sp³-hybridized carbons (Fsp3) is 0.158. The standard InChI is InChI=1S/C19H15F3N6O/c20-19(21,22)14-6-8-25-17(28-14)15(16(23)29)18-26-12-5-4-10(9-13(12)27-18)11-3-1-2-7-24-11/h1-9,15,18,26-27H,(H2,23,29). The Balaban J connectivity index is 1.64. The number of amides is 1. The van der Waals surface area contributed by atoms with Crippen LogP contribution >= 0.6 is 0 Å². The highest BCUT2D eigenvalue weighted by Gasteiger charge is 2.38. The highest BCUT2D eigenvalue weighted by atomic mass is 19.4. The van der Waals surface area contributed by atoms with Crippen LogP contribution < -0.4 is 16.4 Å². The van der Waals surface area contributed by atoms with Crippen LogP contribution in [0, 0.1) is 0 Å². The smallest absolute Gasteiger partial charge is 0.369 e. The lowest BCUT2D eigenvalue weighted by atomic mass is 10.0. The Bertz CT molecular complexity index is 1060. The molecule has 0 bridgehead atoms. The molecule has 0 aliphatic carbocycles. The lowest BCUT2D eigenvalue weighted by Gasteiger charge is -2.21. The van der Waals surface area contributed by atoms with Crippen molar-refractivity contribution in [3.63, 3.8) is 0 Å². The Morgan fingerprint density at radius 2 is 1.83 bits per heavy atom. The van der Waals surface area contributed by atoms with Crippen molar-refractivity contribution in [1.29, 1.82) is 0 Å². The van der Waals surface area contributed by atoms with Gasteiger partial charge < -0.3 is 16.4 Å². The van der Waals surface area contributed by atoms with Crippen molar-refractivity contribution in [3.05, 3.63) is 66.4 Å². The third-order valence-corrected chi connectivity index (χ3v) is 4.48. The number of nitrogens with zero attached hydrogens (tertiary/aromatic N) is 3. The van der Waals surface area contributed by atoms with Crippen molar-refractivity contribution in [2.75, 3.05) is 10.6 Å². The first-order chi connectivity index (χ1) is 13.8. The van der Waals surface area contributed by atoms with Gasteiger partial charge in [0.25, 0.3) is 0 Å². The van der Waals surface area contributed by atoms with Gasteiger partial charge in [-0.3, -0.25) is 9.78 Å². The van der Waals surface area contributed by atoms with E-state index in [9.17, 15) is 18.0 Å². The minimum Gasteiger partial charge on any atom is -0.369 e. The lowest BCUT2D eigenvalue weighted by Crippen LogP contribution is -2.40. The number of nitrogens with one attached hydrogen (secondary N) is 2. The molecule has 3 heterocycles. The SMILES string of the molecule is NC(=O)C(c1nccc(C(F)(F)F)n1)C1Nc2ccc(-c3ccccn3)cc2N1. The molecule has 2 atom stereocenters. The number of aromatic nitrogens is 3. The molecule has 0 saturated heterocycles. The average molecular weight is 400 g/mol. The zero-order valence-corrected chi connectivity index (χ0v) is 14.8. The highest BCUT2D eigenvalue weighted by molar-refractivity contribution is 5.87. The van der Waals surface area contributed by atoms with Gasteiger partial charge in [-0.25, -0.2) is 9.97 Å². The van der Waals surface area contributed by atoms with Crippen LogP contribution in [0.15, 0.2) is 54.9 Å². The largest absolute Gasteiger partial charge is 0.433 e. The summed E-state index contributed by atoms with van der Waals surface area (Å²) in [5.74, 6) is -2.38. The summed E-state index contributed by atoms with van der Waals surface area (Å²) in [6.45, 7) is 0. The molecule has 10 heteroatoms. The predicted molar refractivity (Wildman–Crippen MR) is 99.7 cm³/mol. The first kappa shape index (κ1) is 18.7. The second-order valence-corrected chi connectivity index (χ2v) is 6.42. The molecule has 0 saturated carbocycles. The molecule has 2 aromatic heterocycles. The topological polar surface area (TPSA) is 106 Å². The molecule has 1 aromatic carbocycles. The summed E-state index contributed by atoms with van der Waals surface area (Å²) < 4.78 is 39.0. The quantitative estimate of drug-likeness (QED) is 0.622. The van der Waals surface area contributed by atoms with Crippen LogP contribution in [0.25, 0.3) is 11.3 Å². The molecular weight excluding hydrogens is 385 g/mol. The number of hydrogen-bond donors (Lipinski definition) is 3. The molecule has 0 spiro atoms. The molecule has 4 N–H and O–H groups in total. The summed E-state index contributed by atoms with van der Waals surface area (Å²) in [6, 6.07) is 11.7. The van der Waals surface area contributed by atoms with Crippen LogP contribution in [0.5, 0.6) is 0 Å². The van der Waals surface area contributed by atoms with Gasteiger partial charge in [0, 0.05) is 18.0 Å². The maximum absolute atomic E-state index is 13.0. The lowest BCUT2D eigenvalue weighted by molar-refractivity contribution is -0.141. The van der Waals surface area contributed by atoms with Crippen LogP contribution in [0.1, 0.15) is 17.4 Å². The Hall–Kier alpha value is -3.69. The van der Waals surface area contributed by atoms with Gasteiger partial charge in [0.1, 0.15) is 23.6 Å². The summed E-state index contributed by atoms with van der Waals surface area (Å²) in [7, 11) is 0. The monoisotopic (exact) mass is 400 g/mol. The number of carbonyl (C=O) groups excluding carboxylic acids is 1. The minimum absolute atomic E-state index is 0.310. The van der Waals surface area contributed by atoms with Gasteiger partial charge in [0.05, 0.1) is 17.1 Å². The Labute approximate surface area is 163 Å². The number of rotatable bonds is 4. The maximum atomic E-state index is 13.0. The number of fused-ring (bicyclic) bond motifs is 1. The van der Waals surface area contributed by atoms with E-state index >= 15 is 0 Å². The van der Waals surface area contributed by atoms with Gasteiger partial charge in [0.2, 0.25) is 5.91 Å². The van der Waals surface area contributed by atoms with E-state index < -0.39 is 29.9 Å². The minimum atomic E-state index is -4.66. The van der Waals surface area contributed by atoms with Gasteiger partial charge in [0.15, 0.2) is 0 Å². The number of benzene rings is 1. The molecule has 1 amide bonds. The number of hydrogen-bond acceptors (Lipinski definition) is 6. The molecular formula is C19H15F3N6O. The summed E-state index contributed by atoms with van der Waals surface area (Å²) >= 11 is 0. The van der Waals surface area contributed by atoms with E-state index in [1.54, 1.807) is 18.3 Å². The Morgan fingerprint density at radius 3 is 2.52 bits per heavy atom. The Morgan fingerprint density at radius 1 is 1.03 bits per heavy atom. The molecule has 2 unspecified atom stereocenters. The summed E-state index contributed by atoms with van der Waals surface area (Å²) in [5.41, 5.74) is 7.27. The van der Waals surface area contributed by atoms with Crippen molar-refractivity contribution >= 4 is 17.3 Å². The van der Waals surface area contributed by atoms with Crippen molar-refractivity contribution in [2.45, 2.75) is 18.3 Å². The molecule has 0 fully saturated rings. The predicted octanol–water partition coefficient (Wildman–Crippen LogP) is 2.99. The number of alkyl halides is 3. The molecule has 3 aromatic rings. The van der Waals surface area contributed by atoms with E-state index in [0.717, 1.165) is 23.5 Å². The zero-order chi connectivity index (χ0) is 20.6. The van der Waals surface area contributed by atoms with Crippen LogP contribution in [0.2, 0.25) is 0 Å². The summed E-state index contributed by atoms with van der Waals surface area (Å²) in [6.07, 6.45) is -2.82. The van der Waals surface area contributed by atoms with E-state index in [-0.39, 0.29) is 5.82 Å². The molecule has 148 valence electrons. The molecule has 1 aliphatic heterocycles. The van der Waals surface area contributed by atoms with Crippen LogP contribution in [0.3, 0.4) is 0 Å². The second kappa shape index (κ2) is 7.04. The van der Waals surface area contributed by atoms with E-state index in [4.69, 9.17) is 5.73 Å². The van der Waals surface area contributed by atoms with Crippen molar-refractivity contribution in [2.24, 2.45) is 5.73 Å². The number of halogens is 3. The van der Waals surface area contributed by atoms with Gasteiger partial charge in [-0.1, -0.05) is 12.1 Å². The first-order valence-corrected chi connectivity index (χ1v) is 8.61. The van der Waals surface area contributed by atoms with E-state index in [2.05, 4.69) is 25.6 Å². The van der Waals surface area contributed by atoms with Crippen molar-refractivity contribution in [3.8, 4) is 11.3 Å². The zero-order valence-electron chi connectivity index (χ0n) is 14.8. The van der Waals surface area contributed by atoms with Gasteiger partial charge in [-0.05, 0) is 30.3 Å². The Kier molecular flexibility index (Phi) is 4.53. The van der Waals surface area contributed by atoms with Crippen molar-refractivity contribution in [1.82, 2.24) is 15.0 Å². The first-order valence-electron chi connectivity index (χ1n) is 8.61. The number of anilines is 2. The molecule has 0 radical (unpaired) electrons. The van der Waals surface area contributed by atoms with Gasteiger partial charge in [-0.15, -0.1) is 0 Å². The number of carbonyl (C=O) groups is 1. The van der Waals surface area contributed by atoms with Gasteiger partial charge in [-0.2, -0.15) is 13.2 Å². The molecule has 29 heavy (non-hydrogen) atoms. The van der Waals surface area contributed by atoms with E-state index in [1.807, 2.05) is 24.3 Å². The highest BCUT2D eigenvalue weighted by Crippen LogP contribution is 2.37. The normalized spacial score (nSPS) is 16.4. The fourth-order valence-corrected chi connectivity index (χ4v) is 3.14. The number of nitrogens with two attached hydrogens (primary N) is 1. The van der Waals surface area contributed by atoms with Gasteiger partial charge >= 0.3 is 6.18 Å². The third-order valence-electron chi connectivity index (χ3n) is 4.48. The maximum Gasteiger partial charge on any atom is 0.433 e.